The molecule has 0 saturated heterocycles. The monoisotopic (exact) mass is 398 g/mol. The smallest absolute Gasteiger partial charge is 0.274 e. The number of amides is 2. The van der Waals surface area contributed by atoms with E-state index in [0.29, 0.717) is 34.4 Å². The van der Waals surface area contributed by atoms with Crippen LogP contribution in [0.2, 0.25) is 5.02 Å². The van der Waals surface area contributed by atoms with Gasteiger partial charge in [-0.1, -0.05) is 29.8 Å². The Labute approximate surface area is 166 Å². The Balaban J connectivity index is 1.56. The quantitative estimate of drug-likeness (QED) is 0.624. The van der Waals surface area contributed by atoms with Gasteiger partial charge in [0.05, 0.1) is 5.39 Å². The van der Waals surface area contributed by atoms with Gasteiger partial charge in [0.2, 0.25) is 5.91 Å². The maximum Gasteiger partial charge on any atom is 0.274 e. The number of nitrogens with zero attached hydrogens (tertiary/aromatic N) is 2. The summed E-state index contributed by atoms with van der Waals surface area (Å²) in [7, 11) is 1.51. The Morgan fingerprint density at radius 1 is 1.07 bits per heavy atom. The first-order valence-corrected chi connectivity index (χ1v) is 9.13. The second-order valence-electron chi connectivity index (χ2n) is 6.24. The van der Waals surface area contributed by atoms with E-state index in [2.05, 4.69) is 15.7 Å². The summed E-state index contributed by atoms with van der Waals surface area (Å²) in [5, 5.41) is 11.1. The summed E-state index contributed by atoms with van der Waals surface area (Å²) < 4.78 is 1.15. The van der Waals surface area contributed by atoms with Gasteiger partial charge < -0.3 is 10.6 Å². The van der Waals surface area contributed by atoms with Gasteiger partial charge in [0.1, 0.15) is 0 Å². The van der Waals surface area contributed by atoms with Crippen molar-refractivity contribution in [2.45, 2.75) is 12.8 Å². The van der Waals surface area contributed by atoms with Crippen LogP contribution < -0.4 is 16.2 Å². The highest BCUT2D eigenvalue weighted by Crippen LogP contribution is 2.14. The molecule has 0 unspecified atom stereocenters. The number of fused-ring (bicyclic) bond motifs is 1. The second kappa shape index (κ2) is 8.67. The minimum Gasteiger partial charge on any atom is -0.351 e. The molecule has 0 aliphatic carbocycles. The van der Waals surface area contributed by atoms with Crippen LogP contribution in [0.1, 0.15) is 23.3 Å². The number of carbonyl (C=O) groups is 2. The molecule has 3 aromatic rings. The fourth-order valence-corrected chi connectivity index (χ4v) is 2.88. The molecule has 0 radical (unpaired) electrons. The molecule has 0 bridgehead atoms. The lowest BCUT2D eigenvalue weighted by Crippen LogP contribution is -2.30. The van der Waals surface area contributed by atoms with E-state index in [1.807, 2.05) is 0 Å². The highest BCUT2D eigenvalue weighted by atomic mass is 35.5. The van der Waals surface area contributed by atoms with Crippen LogP contribution in [0.25, 0.3) is 10.8 Å². The maximum atomic E-state index is 12.5. The van der Waals surface area contributed by atoms with Gasteiger partial charge in [-0.05, 0) is 36.8 Å². The van der Waals surface area contributed by atoms with Crippen molar-refractivity contribution >= 4 is 39.9 Å². The Morgan fingerprint density at radius 3 is 2.46 bits per heavy atom. The van der Waals surface area contributed by atoms with E-state index in [-0.39, 0.29) is 29.5 Å². The summed E-state index contributed by atoms with van der Waals surface area (Å²) in [5.41, 5.74) is 0.591. The minimum absolute atomic E-state index is 0.151. The molecule has 0 aliphatic rings. The average Bonchev–Trinajstić information content (AvgIpc) is 2.69. The Morgan fingerprint density at radius 2 is 1.75 bits per heavy atom. The molecule has 2 aromatic carbocycles. The summed E-state index contributed by atoms with van der Waals surface area (Å²) in [5.74, 6) is -0.535. The van der Waals surface area contributed by atoms with Crippen LogP contribution in [0.15, 0.2) is 53.3 Å². The minimum atomic E-state index is -0.384. The molecule has 0 atom stereocenters. The number of carbonyl (C=O) groups excluding carboxylic acids is 2. The lowest BCUT2D eigenvalue weighted by molar-refractivity contribution is -0.116. The predicted molar refractivity (Wildman–Crippen MR) is 109 cm³/mol. The number of rotatable bonds is 6. The van der Waals surface area contributed by atoms with Gasteiger partial charge in [0.15, 0.2) is 5.69 Å². The van der Waals surface area contributed by atoms with Crippen LogP contribution in [-0.4, -0.2) is 28.1 Å². The highest BCUT2D eigenvalue weighted by molar-refractivity contribution is 6.30. The van der Waals surface area contributed by atoms with Crippen LogP contribution in [0.3, 0.4) is 0 Å². The zero-order valence-corrected chi connectivity index (χ0v) is 16.0. The van der Waals surface area contributed by atoms with E-state index in [1.54, 1.807) is 48.5 Å². The van der Waals surface area contributed by atoms with E-state index in [4.69, 9.17) is 11.6 Å². The summed E-state index contributed by atoms with van der Waals surface area (Å²) in [6, 6.07) is 13.7. The zero-order valence-electron chi connectivity index (χ0n) is 15.2. The lowest BCUT2D eigenvalue weighted by Gasteiger charge is -2.09. The third-order valence-corrected chi connectivity index (χ3v) is 4.42. The van der Waals surface area contributed by atoms with Gasteiger partial charge in [-0.15, -0.1) is 0 Å². The Hall–Kier alpha value is -3.19. The Kier molecular flexibility index (Phi) is 6.06. The van der Waals surface area contributed by atoms with Crippen molar-refractivity contribution in [1.29, 1.82) is 0 Å². The summed E-state index contributed by atoms with van der Waals surface area (Å²) in [6.45, 7) is 0.311. The summed E-state index contributed by atoms with van der Waals surface area (Å²) >= 11 is 5.81. The molecule has 1 aromatic heterocycles. The van der Waals surface area contributed by atoms with Crippen LogP contribution in [0.5, 0.6) is 0 Å². The lowest BCUT2D eigenvalue weighted by atomic mass is 10.1. The van der Waals surface area contributed by atoms with Crippen molar-refractivity contribution in [3.63, 3.8) is 0 Å². The second-order valence-corrected chi connectivity index (χ2v) is 6.67. The summed E-state index contributed by atoms with van der Waals surface area (Å²) in [6.07, 6.45) is 0.721. The first kappa shape index (κ1) is 19.6. The van der Waals surface area contributed by atoms with E-state index in [9.17, 15) is 14.4 Å². The SMILES string of the molecule is Cn1nc(C(=O)NCCCC(=O)Nc2ccc(Cl)cc2)c2ccccc2c1=O. The van der Waals surface area contributed by atoms with Crippen molar-refractivity contribution in [3.8, 4) is 0 Å². The molecule has 0 fully saturated rings. The molecule has 144 valence electrons. The standard InChI is InChI=1S/C20H19ClN4O3/c1-25-20(28)16-6-3-2-5-15(16)18(24-25)19(27)22-12-4-7-17(26)23-14-10-8-13(21)9-11-14/h2-3,5-6,8-11H,4,7,12H2,1H3,(H,22,27)(H,23,26). The first-order chi connectivity index (χ1) is 13.5. The molecule has 0 saturated carbocycles. The molecule has 7 nitrogen and oxygen atoms in total. The topological polar surface area (TPSA) is 93.1 Å². The maximum absolute atomic E-state index is 12.5. The number of aryl methyl sites for hydroxylation is 1. The fraction of sp³-hybridized carbons (Fsp3) is 0.200. The zero-order chi connectivity index (χ0) is 20.1. The molecular formula is C20H19ClN4O3. The Bertz CT molecular complexity index is 1080. The number of halogens is 1. The third-order valence-electron chi connectivity index (χ3n) is 4.17. The molecule has 2 N–H and O–H groups in total. The van der Waals surface area contributed by atoms with Gasteiger partial charge in [-0.25, -0.2) is 4.68 Å². The molecule has 2 amide bonds. The van der Waals surface area contributed by atoms with Gasteiger partial charge in [0, 0.05) is 36.1 Å². The van der Waals surface area contributed by atoms with Crippen molar-refractivity contribution in [2.24, 2.45) is 7.05 Å². The van der Waals surface area contributed by atoms with Crippen molar-refractivity contribution < 1.29 is 9.59 Å². The highest BCUT2D eigenvalue weighted by Gasteiger charge is 2.15. The molecular weight excluding hydrogens is 380 g/mol. The molecule has 0 spiro atoms. The number of benzene rings is 2. The molecule has 0 aliphatic heterocycles. The number of anilines is 1. The molecule has 8 heteroatoms. The van der Waals surface area contributed by atoms with E-state index in [0.717, 1.165) is 4.68 Å². The fourth-order valence-electron chi connectivity index (χ4n) is 2.76. The van der Waals surface area contributed by atoms with Crippen LogP contribution in [0, 0.1) is 0 Å². The van der Waals surface area contributed by atoms with Crippen LogP contribution in [-0.2, 0) is 11.8 Å². The number of aromatic nitrogens is 2. The van der Waals surface area contributed by atoms with E-state index < -0.39 is 0 Å². The van der Waals surface area contributed by atoms with Crippen LogP contribution in [0.4, 0.5) is 5.69 Å². The van der Waals surface area contributed by atoms with Crippen molar-refractivity contribution in [3.05, 3.63) is 69.6 Å². The van der Waals surface area contributed by atoms with Gasteiger partial charge in [-0.2, -0.15) is 5.10 Å². The van der Waals surface area contributed by atoms with Crippen molar-refractivity contribution in [2.75, 3.05) is 11.9 Å². The normalized spacial score (nSPS) is 10.6. The van der Waals surface area contributed by atoms with Crippen LogP contribution >= 0.6 is 11.6 Å². The number of hydrogen-bond acceptors (Lipinski definition) is 4. The van der Waals surface area contributed by atoms with Gasteiger partial charge in [0.25, 0.3) is 11.5 Å². The molecule has 3 rings (SSSR count). The largest absolute Gasteiger partial charge is 0.351 e. The van der Waals surface area contributed by atoms with Gasteiger partial charge in [-0.3, -0.25) is 14.4 Å². The predicted octanol–water partition coefficient (Wildman–Crippen LogP) is 2.74. The third kappa shape index (κ3) is 4.55. The number of hydrogen-bond donors (Lipinski definition) is 2. The average molecular weight is 399 g/mol. The van der Waals surface area contributed by atoms with E-state index >= 15 is 0 Å². The number of nitrogens with one attached hydrogen (secondary N) is 2. The molecule has 1 heterocycles. The summed E-state index contributed by atoms with van der Waals surface area (Å²) in [4.78, 5) is 36.6. The van der Waals surface area contributed by atoms with E-state index in [1.165, 1.54) is 7.05 Å². The van der Waals surface area contributed by atoms with Crippen molar-refractivity contribution in [1.82, 2.24) is 15.1 Å². The first-order valence-electron chi connectivity index (χ1n) is 8.75. The van der Waals surface area contributed by atoms with Gasteiger partial charge >= 0.3 is 0 Å². The molecule has 28 heavy (non-hydrogen) atoms.